The van der Waals surface area contributed by atoms with Crippen LogP contribution in [0.3, 0.4) is 0 Å². The molecule has 1 saturated heterocycles. The Hall–Kier alpha value is -1.36. The van der Waals surface area contributed by atoms with Crippen molar-refractivity contribution in [2.75, 3.05) is 19.7 Å². The summed E-state index contributed by atoms with van der Waals surface area (Å²) < 4.78 is 11.5. The highest BCUT2D eigenvalue weighted by molar-refractivity contribution is 5.92. The number of aryl methyl sites for hydroxylation is 2. The Morgan fingerprint density at radius 3 is 2.78 bits per heavy atom. The van der Waals surface area contributed by atoms with Gasteiger partial charge in [0.05, 0.1) is 18.4 Å². The molecule has 2 heterocycles. The molecule has 1 aromatic heterocycles. The van der Waals surface area contributed by atoms with Crippen LogP contribution in [0.2, 0.25) is 0 Å². The minimum Gasteiger partial charge on any atom is -0.435 e. The Labute approximate surface area is 138 Å². The molecule has 1 aliphatic carbocycles. The lowest BCUT2D eigenvalue weighted by molar-refractivity contribution is -0.0345. The summed E-state index contributed by atoms with van der Waals surface area (Å²) in [6.45, 7) is 5.76. The molecule has 23 heavy (non-hydrogen) atoms. The average molecular weight is 320 g/mol. The first kappa shape index (κ1) is 16.5. The van der Waals surface area contributed by atoms with E-state index in [0.717, 1.165) is 12.3 Å². The highest BCUT2D eigenvalue weighted by Crippen LogP contribution is 2.29. The molecule has 5 nitrogen and oxygen atoms in total. The maximum Gasteiger partial charge on any atom is 0.291 e. The molecule has 1 aliphatic heterocycles. The van der Waals surface area contributed by atoms with Crippen molar-refractivity contribution in [3.05, 3.63) is 17.3 Å². The van der Waals surface area contributed by atoms with E-state index in [1.165, 1.54) is 32.1 Å². The first-order valence-electron chi connectivity index (χ1n) is 9.04. The van der Waals surface area contributed by atoms with Gasteiger partial charge in [-0.3, -0.25) is 4.79 Å². The zero-order chi connectivity index (χ0) is 16.2. The topological polar surface area (TPSA) is 55.6 Å². The van der Waals surface area contributed by atoms with E-state index in [4.69, 9.17) is 9.15 Å². The normalized spacial score (nSPS) is 23.2. The van der Waals surface area contributed by atoms with Crippen molar-refractivity contribution in [3.8, 4) is 0 Å². The summed E-state index contributed by atoms with van der Waals surface area (Å²) in [6, 6.07) is 0. The van der Waals surface area contributed by atoms with Gasteiger partial charge in [-0.2, -0.15) is 0 Å². The van der Waals surface area contributed by atoms with Crippen molar-refractivity contribution in [1.82, 2.24) is 9.88 Å². The molecule has 5 heteroatoms. The molecule has 0 unspecified atom stereocenters. The van der Waals surface area contributed by atoms with E-state index in [2.05, 4.69) is 4.98 Å². The van der Waals surface area contributed by atoms with Gasteiger partial charge in [0.2, 0.25) is 5.76 Å². The summed E-state index contributed by atoms with van der Waals surface area (Å²) in [7, 11) is 0. The molecular formula is C18H28N2O3. The Morgan fingerprint density at radius 2 is 2.09 bits per heavy atom. The van der Waals surface area contributed by atoms with Crippen LogP contribution in [-0.2, 0) is 11.2 Å². The van der Waals surface area contributed by atoms with Crippen molar-refractivity contribution in [1.29, 1.82) is 0 Å². The van der Waals surface area contributed by atoms with E-state index in [1.54, 1.807) is 0 Å². The summed E-state index contributed by atoms with van der Waals surface area (Å²) in [6.07, 6.45) is 8.65. The van der Waals surface area contributed by atoms with E-state index in [-0.39, 0.29) is 12.0 Å². The van der Waals surface area contributed by atoms with Crippen molar-refractivity contribution in [2.45, 2.75) is 64.9 Å². The third kappa shape index (κ3) is 3.94. The van der Waals surface area contributed by atoms with Crippen LogP contribution in [0, 0.1) is 12.8 Å². The number of aromatic nitrogens is 1. The number of nitrogens with zero attached hydrogens (tertiary/aromatic N) is 2. The van der Waals surface area contributed by atoms with Gasteiger partial charge in [-0.15, -0.1) is 0 Å². The fourth-order valence-electron chi connectivity index (χ4n) is 3.79. The number of rotatable bonds is 4. The summed E-state index contributed by atoms with van der Waals surface area (Å²) in [5.74, 6) is 1.77. The highest BCUT2D eigenvalue weighted by atomic mass is 16.5. The van der Waals surface area contributed by atoms with Gasteiger partial charge in [0.25, 0.3) is 5.91 Å². The monoisotopic (exact) mass is 320 g/mol. The number of oxazole rings is 1. The Kier molecular flexibility index (Phi) is 5.36. The molecule has 128 valence electrons. The third-order valence-corrected chi connectivity index (χ3v) is 5.08. The lowest BCUT2D eigenvalue weighted by Crippen LogP contribution is -2.46. The van der Waals surface area contributed by atoms with Crippen LogP contribution in [-0.4, -0.2) is 41.6 Å². The van der Waals surface area contributed by atoms with Crippen molar-refractivity contribution >= 4 is 5.91 Å². The van der Waals surface area contributed by atoms with Gasteiger partial charge in [0.1, 0.15) is 0 Å². The molecule has 1 amide bonds. The van der Waals surface area contributed by atoms with Gasteiger partial charge in [-0.25, -0.2) is 4.98 Å². The quantitative estimate of drug-likeness (QED) is 0.853. The number of hydrogen-bond acceptors (Lipinski definition) is 4. The van der Waals surface area contributed by atoms with Crippen molar-refractivity contribution < 1.29 is 13.9 Å². The van der Waals surface area contributed by atoms with Crippen molar-refractivity contribution in [3.63, 3.8) is 0 Å². The van der Waals surface area contributed by atoms with Crippen LogP contribution in [0.5, 0.6) is 0 Å². The number of carbonyl (C=O) groups is 1. The van der Waals surface area contributed by atoms with E-state index in [1.807, 2.05) is 18.7 Å². The molecule has 1 aromatic rings. The maximum absolute atomic E-state index is 12.7. The number of amides is 1. The lowest BCUT2D eigenvalue weighted by atomic mass is 9.85. The van der Waals surface area contributed by atoms with Crippen LogP contribution < -0.4 is 0 Å². The standard InChI is InChI=1S/C18H28N2O3/c1-3-16-19-13(2)17(23-16)18(21)20-9-10-22-15(12-20)11-14-7-5-4-6-8-14/h14-15H,3-12H2,1-2H3/t15-/m1/s1. The Morgan fingerprint density at radius 1 is 1.30 bits per heavy atom. The summed E-state index contributed by atoms with van der Waals surface area (Å²) in [5.41, 5.74) is 0.696. The maximum atomic E-state index is 12.7. The molecule has 0 bridgehead atoms. The molecule has 0 spiro atoms. The van der Waals surface area contributed by atoms with Crippen LogP contribution >= 0.6 is 0 Å². The third-order valence-electron chi connectivity index (χ3n) is 5.08. The Bertz CT molecular complexity index is 534. The van der Waals surface area contributed by atoms with Crippen LogP contribution in [0.25, 0.3) is 0 Å². The number of morpholine rings is 1. The lowest BCUT2D eigenvalue weighted by Gasteiger charge is -2.35. The Balaban J connectivity index is 1.60. The number of carbonyl (C=O) groups excluding carboxylic acids is 1. The number of ether oxygens (including phenoxy) is 1. The van der Waals surface area contributed by atoms with Crippen molar-refractivity contribution in [2.24, 2.45) is 5.92 Å². The van der Waals surface area contributed by atoms with E-state index in [9.17, 15) is 4.79 Å². The second-order valence-electron chi connectivity index (χ2n) is 6.86. The average Bonchev–Trinajstić information content (AvgIpc) is 2.96. The van der Waals surface area contributed by atoms with Gasteiger partial charge >= 0.3 is 0 Å². The summed E-state index contributed by atoms with van der Waals surface area (Å²) in [4.78, 5) is 18.9. The zero-order valence-electron chi connectivity index (χ0n) is 14.3. The first-order valence-corrected chi connectivity index (χ1v) is 9.04. The smallest absolute Gasteiger partial charge is 0.291 e. The van der Waals surface area contributed by atoms with E-state index >= 15 is 0 Å². The SMILES string of the molecule is CCc1nc(C)c(C(=O)N2CCO[C@H](CC3CCCCC3)C2)o1. The summed E-state index contributed by atoms with van der Waals surface area (Å²) >= 11 is 0. The predicted octanol–water partition coefficient (Wildman–Crippen LogP) is 3.36. The minimum absolute atomic E-state index is 0.0355. The first-order chi connectivity index (χ1) is 11.2. The van der Waals surface area contributed by atoms with E-state index in [0.29, 0.717) is 43.5 Å². The molecular weight excluding hydrogens is 292 g/mol. The molecule has 2 fully saturated rings. The fraction of sp³-hybridized carbons (Fsp3) is 0.778. The van der Waals surface area contributed by atoms with Gasteiger partial charge < -0.3 is 14.1 Å². The number of hydrogen-bond donors (Lipinski definition) is 0. The molecule has 0 aromatic carbocycles. The van der Waals surface area contributed by atoms with E-state index < -0.39 is 0 Å². The largest absolute Gasteiger partial charge is 0.435 e. The van der Waals surface area contributed by atoms with Gasteiger partial charge in [0, 0.05) is 19.5 Å². The molecule has 1 saturated carbocycles. The summed E-state index contributed by atoms with van der Waals surface area (Å²) in [5, 5.41) is 0. The zero-order valence-corrected chi connectivity index (χ0v) is 14.3. The van der Waals surface area contributed by atoms with Crippen LogP contribution in [0.1, 0.15) is 67.6 Å². The molecule has 3 rings (SSSR count). The highest BCUT2D eigenvalue weighted by Gasteiger charge is 2.30. The predicted molar refractivity (Wildman–Crippen MR) is 87.5 cm³/mol. The molecule has 2 aliphatic rings. The minimum atomic E-state index is -0.0355. The van der Waals surface area contributed by atoms with Gasteiger partial charge in [0.15, 0.2) is 5.89 Å². The second-order valence-corrected chi connectivity index (χ2v) is 6.86. The fourth-order valence-corrected chi connectivity index (χ4v) is 3.79. The second kappa shape index (κ2) is 7.47. The van der Waals surface area contributed by atoms with Gasteiger partial charge in [-0.05, 0) is 19.3 Å². The molecule has 0 N–H and O–H groups in total. The van der Waals surface area contributed by atoms with Crippen LogP contribution in [0.4, 0.5) is 0 Å². The molecule has 0 radical (unpaired) electrons. The molecule has 1 atom stereocenters. The van der Waals surface area contributed by atoms with Crippen LogP contribution in [0.15, 0.2) is 4.42 Å². The van der Waals surface area contributed by atoms with Gasteiger partial charge in [-0.1, -0.05) is 39.0 Å².